The summed E-state index contributed by atoms with van der Waals surface area (Å²) in [5.74, 6) is 1.31. The highest BCUT2D eigenvalue weighted by atomic mass is 32.1. The zero-order valence-electron chi connectivity index (χ0n) is 11.6. The quantitative estimate of drug-likeness (QED) is 0.699. The van der Waals surface area contributed by atoms with Crippen LogP contribution in [0.5, 0.6) is 5.75 Å². The molecule has 0 aliphatic carbocycles. The lowest BCUT2D eigenvalue weighted by molar-refractivity contribution is 0.414. The second-order valence-corrected chi connectivity index (χ2v) is 5.33. The number of hydrogen-bond acceptors (Lipinski definition) is 5. The number of aryl methyl sites for hydroxylation is 1. The van der Waals surface area contributed by atoms with E-state index in [9.17, 15) is 4.79 Å². The predicted octanol–water partition coefficient (Wildman–Crippen LogP) is 2.66. The molecule has 0 spiro atoms. The zero-order chi connectivity index (χ0) is 14.8. The largest absolute Gasteiger partial charge is 0.497 e. The van der Waals surface area contributed by atoms with Crippen LogP contribution in [-0.4, -0.2) is 23.0 Å². The van der Waals surface area contributed by atoms with Crippen LogP contribution < -0.4 is 10.3 Å². The lowest BCUT2D eigenvalue weighted by atomic mass is 10.2. The molecule has 0 atom stereocenters. The topological polar surface area (TPSA) is 56.5 Å². The Kier molecular flexibility index (Phi) is 3.53. The predicted molar refractivity (Wildman–Crippen MR) is 84.6 cm³/mol. The Morgan fingerprint density at radius 2 is 2.24 bits per heavy atom. The third kappa shape index (κ3) is 2.57. The van der Waals surface area contributed by atoms with Gasteiger partial charge in [-0.2, -0.15) is 9.78 Å². The third-order valence-corrected chi connectivity index (χ3v) is 3.86. The van der Waals surface area contributed by atoms with E-state index in [1.165, 1.54) is 16.0 Å². The first-order chi connectivity index (χ1) is 10.2. The van der Waals surface area contributed by atoms with E-state index in [4.69, 9.17) is 4.74 Å². The third-order valence-electron chi connectivity index (χ3n) is 3.05. The van der Waals surface area contributed by atoms with E-state index in [2.05, 4.69) is 10.1 Å². The molecular weight excluding hydrogens is 286 g/mol. The summed E-state index contributed by atoms with van der Waals surface area (Å²) in [6, 6.07) is 9.24. The second-order valence-electron chi connectivity index (χ2n) is 4.44. The van der Waals surface area contributed by atoms with Crippen molar-refractivity contribution in [2.45, 2.75) is 6.92 Å². The van der Waals surface area contributed by atoms with Gasteiger partial charge in [-0.05, 0) is 36.1 Å². The SMILES string of the molecule is COc1cccc(/C=N\n2c(C)nc3sccc3c2=O)c1. The second kappa shape index (κ2) is 5.49. The van der Waals surface area contributed by atoms with Crippen LogP contribution in [0.15, 0.2) is 45.6 Å². The van der Waals surface area contributed by atoms with Crippen molar-refractivity contribution >= 4 is 27.8 Å². The molecule has 0 aliphatic heterocycles. The summed E-state index contributed by atoms with van der Waals surface area (Å²) in [6.07, 6.45) is 1.62. The molecule has 0 saturated heterocycles. The fraction of sp³-hybridized carbons (Fsp3) is 0.133. The van der Waals surface area contributed by atoms with E-state index < -0.39 is 0 Å². The first-order valence-corrected chi connectivity index (χ1v) is 7.22. The van der Waals surface area contributed by atoms with Crippen LogP contribution in [0.2, 0.25) is 0 Å². The molecule has 3 aromatic rings. The Morgan fingerprint density at radius 3 is 3.05 bits per heavy atom. The van der Waals surface area contributed by atoms with Crippen molar-refractivity contribution in [3.8, 4) is 5.75 Å². The standard InChI is InChI=1S/C15H13N3O2S/c1-10-17-14-13(6-7-21-14)15(19)18(10)16-9-11-4-3-5-12(8-11)20-2/h3-9H,1-2H3/b16-9-. The van der Waals surface area contributed by atoms with Gasteiger partial charge in [0.05, 0.1) is 18.7 Å². The van der Waals surface area contributed by atoms with Gasteiger partial charge in [-0.25, -0.2) is 4.98 Å². The van der Waals surface area contributed by atoms with Gasteiger partial charge in [0.2, 0.25) is 0 Å². The Labute approximate surface area is 125 Å². The highest BCUT2D eigenvalue weighted by Gasteiger charge is 2.07. The number of ether oxygens (including phenoxy) is 1. The minimum absolute atomic E-state index is 0.155. The maximum atomic E-state index is 12.3. The van der Waals surface area contributed by atoms with Crippen molar-refractivity contribution in [3.05, 3.63) is 57.5 Å². The molecular formula is C15H13N3O2S. The molecule has 0 bridgehead atoms. The monoisotopic (exact) mass is 299 g/mol. The minimum Gasteiger partial charge on any atom is -0.497 e. The minimum atomic E-state index is -0.155. The fourth-order valence-corrected chi connectivity index (χ4v) is 2.79. The molecule has 2 heterocycles. The maximum Gasteiger partial charge on any atom is 0.282 e. The molecule has 2 aromatic heterocycles. The molecule has 3 rings (SSSR count). The van der Waals surface area contributed by atoms with Gasteiger partial charge in [-0.3, -0.25) is 4.79 Å². The summed E-state index contributed by atoms with van der Waals surface area (Å²) in [5, 5.41) is 6.69. The number of hydrogen-bond donors (Lipinski definition) is 0. The van der Waals surface area contributed by atoms with Crippen LogP contribution in [0.4, 0.5) is 0 Å². The van der Waals surface area contributed by atoms with E-state index in [1.807, 2.05) is 29.6 Å². The average Bonchev–Trinajstić information content (AvgIpc) is 2.95. The molecule has 21 heavy (non-hydrogen) atoms. The van der Waals surface area contributed by atoms with E-state index in [-0.39, 0.29) is 5.56 Å². The van der Waals surface area contributed by atoms with Crippen molar-refractivity contribution in [1.29, 1.82) is 0 Å². The Hall–Kier alpha value is -2.47. The Balaban J connectivity index is 2.04. The zero-order valence-corrected chi connectivity index (χ0v) is 12.4. The first-order valence-electron chi connectivity index (χ1n) is 6.34. The van der Waals surface area contributed by atoms with E-state index >= 15 is 0 Å². The van der Waals surface area contributed by atoms with Crippen molar-refractivity contribution in [3.63, 3.8) is 0 Å². The van der Waals surface area contributed by atoms with Crippen LogP contribution in [0.3, 0.4) is 0 Å². The van der Waals surface area contributed by atoms with Gasteiger partial charge in [0, 0.05) is 0 Å². The van der Waals surface area contributed by atoms with Crippen LogP contribution >= 0.6 is 11.3 Å². The molecule has 5 nitrogen and oxygen atoms in total. The molecule has 0 fully saturated rings. The Morgan fingerprint density at radius 1 is 1.38 bits per heavy atom. The molecule has 0 unspecified atom stereocenters. The highest BCUT2D eigenvalue weighted by molar-refractivity contribution is 7.16. The van der Waals surface area contributed by atoms with Gasteiger partial charge in [-0.15, -0.1) is 11.3 Å². The number of benzene rings is 1. The average molecular weight is 299 g/mol. The van der Waals surface area contributed by atoms with E-state index in [0.29, 0.717) is 11.2 Å². The number of aromatic nitrogens is 2. The van der Waals surface area contributed by atoms with Gasteiger partial charge in [0.1, 0.15) is 16.4 Å². The lowest BCUT2D eigenvalue weighted by Crippen LogP contribution is -2.19. The molecule has 0 amide bonds. The summed E-state index contributed by atoms with van der Waals surface area (Å²) in [4.78, 5) is 17.5. The van der Waals surface area contributed by atoms with E-state index in [1.54, 1.807) is 26.3 Å². The summed E-state index contributed by atoms with van der Waals surface area (Å²) in [6.45, 7) is 1.77. The lowest BCUT2D eigenvalue weighted by Gasteiger charge is -2.03. The van der Waals surface area contributed by atoms with Gasteiger partial charge in [0.15, 0.2) is 0 Å². The molecule has 0 N–H and O–H groups in total. The smallest absolute Gasteiger partial charge is 0.282 e. The first kappa shape index (κ1) is 13.5. The summed E-state index contributed by atoms with van der Waals surface area (Å²) in [7, 11) is 1.61. The number of methoxy groups -OCH3 is 1. The molecule has 0 saturated carbocycles. The maximum absolute atomic E-state index is 12.3. The molecule has 0 radical (unpaired) electrons. The van der Waals surface area contributed by atoms with Crippen LogP contribution in [0, 0.1) is 6.92 Å². The van der Waals surface area contributed by atoms with Crippen LogP contribution in [0.1, 0.15) is 11.4 Å². The van der Waals surface area contributed by atoms with Gasteiger partial charge < -0.3 is 4.74 Å². The number of rotatable bonds is 3. The van der Waals surface area contributed by atoms with Crippen LogP contribution in [-0.2, 0) is 0 Å². The van der Waals surface area contributed by atoms with Crippen LogP contribution in [0.25, 0.3) is 10.2 Å². The van der Waals surface area contributed by atoms with Gasteiger partial charge >= 0.3 is 0 Å². The molecule has 1 aromatic carbocycles. The normalized spacial score (nSPS) is 11.3. The Bertz CT molecular complexity index is 880. The van der Waals surface area contributed by atoms with Crippen molar-refractivity contribution < 1.29 is 4.74 Å². The van der Waals surface area contributed by atoms with Crippen molar-refractivity contribution in [2.24, 2.45) is 5.10 Å². The molecule has 6 heteroatoms. The number of nitrogens with zero attached hydrogens (tertiary/aromatic N) is 3. The summed E-state index contributed by atoms with van der Waals surface area (Å²) < 4.78 is 6.47. The van der Waals surface area contributed by atoms with Gasteiger partial charge in [-0.1, -0.05) is 12.1 Å². The summed E-state index contributed by atoms with van der Waals surface area (Å²) in [5.41, 5.74) is 0.698. The van der Waals surface area contributed by atoms with Crippen molar-refractivity contribution in [2.75, 3.05) is 7.11 Å². The molecule has 0 aliphatic rings. The van der Waals surface area contributed by atoms with Gasteiger partial charge in [0.25, 0.3) is 5.56 Å². The fourth-order valence-electron chi connectivity index (χ4n) is 1.99. The highest BCUT2D eigenvalue weighted by Crippen LogP contribution is 2.15. The van der Waals surface area contributed by atoms with E-state index in [0.717, 1.165) is 16.1 Å². The molecule has 106 valence electrons. The number of thiophene rings is 1. The summed E-state index contributed by atoms with van der Waals surface area (Å²) >= 11 is 1.45. The van der Waals surface area contributed by atoms with Crippen molar-refractivity contribution in [1.82, 2.24) is 9.66 Å². The number of fused-ring (bicyclic) bond motifs is 1.